The van der Waals surface area contributed by atoms with Crippen molar-refractivity contribution in [2.75, 3.05) is 6.54 Å². The van der Waals surface area contributed by atoms with Gasteiger partial charge in [0.15, 0.2) is 5.82 Å². The van der Waals surface area contributed by atoms with Crippen molar-refractivity contribution < 1.29 is 18.0 Å². The van der Waals surface area contributed by atoms with Gasteiger partial charge >= 0.3 is 0 Å². The Kier molecular flexibility index (Phi) is 4.76. The fourth-order valence-electron chi connectivity index (χ4n) is 1.93. The molecule has 0 spiro atoms. The van der Waals surface area contributed by atoms with Gasteiger partial charge in [0.1, 0.15) is 0 Å². The molecule has 2 rings (SSSR count). The van der Waals surface area contributed by atoms with Crippen LogP contribution in [0.4, 0.5) is 0 Å². The van der Waals surface area contributed by atoms with Gasteiger partial charge in [-0.2, -0.15) is 4.98 Å². The van der Waals surface area contributed by atoms with Crippen LogP contribution in [0, 0.1) is 0 Å². The van der Waals surface area contributed by atoms with Gasteiger partial charge in [-0.25, -0.2) is 13.1 Å². The van der Waals surface area contributed by atoms with E-state index in [0.717, 1.165) is 0 Å². The molecule has 0 aliphatic heterocycles. The van der Waals surface area contributed by atoms with Crippen molar-refractivity contribution in [3.8, 4) is 0 Å². The molecule has 2 heterocycles. The minimum absolute atomic E-state index is 0.0652. The molecule has 9 heteroatoms. The van der Waals surface area contributed by atoms with E-state index in [1.165, 1.54) is 18.7 Å². The Labute approximate surface area is 122 Å². The highest BCUT2D eigenvalue weighted by atomic mass is 32.2. The molecule has 2 aromatic rings. The van der Waals surface area contributed by atoms with E-state index in [2.05, 4.69) is 19.4 Å². The van der Waals surface area contributed by atoms with Gasteiger partial charge in [0.05, 0.1) is 11.5 Å². The molecule has 0 saturated carbocycles. The lowest BCUT2D eigenvalue weighted by Crippen LogP contribution is -2.26. The maximum atomic E-state index is 12.2. The second-order valence-electron chi connectivity index (χ2n) is 4.82. The Morgan fingerprint density at radius 2 is 2.24 bits per heavy atom. The number of nitrogens with one attached hydrogen (secondary N) is 1. The molecular weight excluding hydrogens is 296 g/mol. The first kappa shape index (κ1) is 15.7. The predicted octanol–water partition coefficient (Wildman–Crippen LogP) is 0.465. The summed E-state index contributed by atoms with van der Waals surface area (Å²) in [5, 5.41) is 12.9. The van der Waals surface area contributed by atoms with Gasteiger partial charge in [0, 0.05) is 30.9 Å². The fraction of sp³-hybridized carbons (Fsp3) is 0.500. The lowest BCUT2D eigenvalue weighted by atomic mass is 10.3. The molecule has 0 radical (unpaired) electrons. The van der Waals surface area contributed by atoms with Crippen LogP contribution >= 0.6 is 0 Å². The number of aromatic nitrogens is 3. The van der Waals surface area contributed by atoms with Crippen molar-refractivity contribution in [3.05, 3.63) is 30.2 Å². The molecule has 2 aromatic heterocycles. The molecule has 0 saturated heterocycles. The molecule has 8 nitrogen and oxygen atoms in total. The van der Waals surface area contributed by atoms with E-state index >= 15 is 0 Å². The van der Waals surface area contributed by atoms with Gasteiger partial charge in [-0.05, 0) is 19.9 Å². The van der Waals surface area contributed by atoms with E-state index in [-0.39, 0.29) is 24.1 Å². The minimum Gasteiger partial charge on any atom is -0.390 e. The summed E-state index contributed by atoms with van der Waals surface area (Å²) >= 11 is 0. The number of sulfonamides is 1. The van der Waals surface area contributed by atoms with E-state index < -0.39 is 10.0 Å². The van der Waals surface area contributed by atoms with E-state index in [0.29, 0.717) is 17.9 Å². The Bertz CT molecular complexity index is 676. The smallest absolute Gasteiger partial charge is 0.242 e. The van der Waals surface area contributed by atoms with Gasteiger partial charge in [-0.15, -0.1) is 0 Å². The van der Waals surface area contributed by atoms with Crippen molar-refractivity contribution in [1.82, 2.24) is 19.4 Å². The summed E-state index contributed by atoms with van der Waals surface area (Å²) in [4.78, 5) is 3.95. The largest absolute Gasteiger partial charge is 0.390 e. The van der Waals surface area contributed by atoms with Crippen LogP contribution in [-0.4, -0.2) is 34.8 Å². The molecule has 0 aliphatic rings. The lowest BCUT2D eigenvalue weighted by molar-refractivity contribution is 0.268. The third kappa shape index (κ3) is 3.69. The zero-order chi connectivity index (χ0) is 15.5. The van der Waals surface area contributed by atoms with Gasteiger partial charge < -0.3 is 14.2 Å². The molecule has 116 valence electrons. The third-order valence-electron chi connectivity index (χ3n) is 2.98. The number of nitrogens with zero attached hydrogens (tertiary/aromatic N) is 3. The molecule has 2 N–H and O–H groups in total. The van der Waals surface area contributed by atoms with Gasteiger partial charge in [0.2, 0.25) is 16.4 Å². The topological polar surface area (TPSA) is 110 Å². The van der Waals surface area contributed by atoms with Crippen molar-refractivity contribution in [2.24, 2.45) is 0 Å². The molecule has 21 heavy (non-hydrogen) atoms. The second-order valence-corrected chi connectivity index (χ2v) is 6.59. The maximum Gasteiger partial charge on any atom is 0.242 e. The molecule has 0 aromatic carbocycles. The first-order valence-corrected chi connectivity index (χ1v) is 7.99. The Balaban J connectivity index is 2.08. The predicted molar refractivity (Wildman–Crippen MR) is 73.9 cm³/mol. The number of hydrogen-bond acceptors (Lipinski definition) is 6. The maximum absolute atomic E-state index is 12.2. The first-order valence-electron chi connectivity index (χ1n) is 6.50. The monoisotopic (exact) mass is 314 g/mol. The Morgan fingerprint density at radius 3 is 2.76 bits per heavy atom. The van der Waals surface area contributed by atoms with Gasteiger partial charge in [-0.1, -0.05) is 5.16 Å². The van der Waals surface area contributed by atoms with Crippen LogP contribution in [-0.2, 0) is 23.1 Å². The van der Waals surface area contributed by atoms with E-state index in [9.17, 15) is 13.5 Å². The molecular formula is C12H18N4O4S. The van der Waals surface area contributed by atoms with Gasteiger partial charge in [-0.3, -0.25) is 0 Å². The zero-order valence-electron chi connectivity index (χ0n) is 11.9. The Hall–Kier alpha value is -1.71. The summed E-state index contributed by atoms with van der Waals surface area (Å²) < 4.78 is 33.2. The van der Waals surface area contributed by atoms with Crippen LogP contribution in [0.15, 0.2) is 28.1 Å². The molecule has 0 aliphatic carbocycles. The van der Waals surface area contributed by atoms with Crippen molar-refractivity contribution in [3.63, 3.8) is 0 Å². The minimum atomic E-state index is -3.63. The van der Waals surface area contributed by atoms with Crippen LogP contribution < -0.4 is 4.72 Å². The average molecular weight is 314 g/mol. The first-order chi connectivity index (χ1) is 9.94. The van der Waals surface area contributed by atoms with Crippen LogP contribution in [0.25, 0.3) is 0 Å². The third-order valence-corrected chi connectivity index (χ3v) is 4.41. The Morgan fingerprint density at radius 1 is 1.48 bits per heavy atom. The standard InChI is InChI=1S/C12H18N4O4S/c1-9(2)16-6-11(5-10(16)7-17)21(18,19)14-4-3-12-13-8-20-15-12/h5-6,8-9,14,17H,3-4,7H2,1-2H3. The fourth-order valence-corrected chi connectivity index (χ4v) is 3.02. The van der Waals surface area contributed by atoms with Crippen LogP contribution in [0.1, 0.15) is 31.4 Å². The highest BCUT2D eigenvalue weighted by Crippen LogP contribution is 2.18. The summed E-state index contributed by atoms with van der Waals surface area (Å²) in [6.07, 6.45) is 3.06. The summed E-state index contributed by atoms with van der Waals surface area (Å²) in [6.45, 7) is 3.79. The quantitative estimate of drug-likeness (QED) is 0.768. The number of aliphatic hydroxyl groups excluding tert-OH is 1. The van der Waals surface area contributed by atoms with Crippen molar-refractivity contribution in [1.29, 1.82) is 0 Å². The number of rotatable bonds is 7. The molecule has 0 fully saturated rings. The highest BCUT2D eigenvalue weighted by Gasteiger charge is 2.19. The summed E-state index contributed by atoms with van der Waals surface area (Å²) in [6, 6.07) is 1.53. The summed E-state index contributed by atoms with van der Waals surface area (Å²) in [5.74, 6) is 0.438. The SMILES string of the molecule is CC(C)n1cc(S(=O)(=O)NCCc2ncon2)cc1CO. The normalized spacial score (nSPS) is 12.2. The molecule has 0 atom stereocenters. The van der Waals surface area contributed by atoms with E-state index in [1.807, 2.05) is 13.8 Å². The second kappa shape index (κ2) is 6.37. The average Bonchev–Trinajstić information content (AvgIpc) is 3.07. The van der Waals surface area contributed by atoms with E-state index in [1.54, 1.807) is 4.57 Å². The molecule has 0 amide bonds. The van der Waals surface area contributed by atoms with Crippen LogP contribution in [0.3, 0.4) is 0 Å². The molecule has 0 bridgehead atoms. The highest BCUT2D eigenvalue weighted by molar-refractivity contribution is 7.89. The number of aliphatic hydroxyl groups is 1. The summed E-state index contributed by atoms with van der Waals surface area (Å²) in [7, 11) is -3.63. The van der Waals surface area contributed by atoms with Crippen LogP contribution in [0.2, 0.25) is 0 Å². The van der Waals surface area contributed by atoms with Crippen LogP contribution in [0.5, 0.6) is 0 Å². The van der Waals surface area contributed by atoms with Crippen molar-refractivity contribution in [2.45, 2.75) is 37.8 Å². The molecule has 0 unspecified atom stereocenters. The van der Waals surface area contributed by atoms with Crippen molar-refractivity contribution >= 4 is 10.0 Å². The van der Waals surface area contributed by atoms with E-state index in [4.69, 9.17) is 0 Å². The van der Waals surface area contributed by atoms with Gasteiger partial charge in [0.25, 0.3) is 0 Å². The summed E-state index contributed by atoms with van der Waals surface area (Å²) in [5.41, 5.74) is 0.559. The number of hydrogen-bond donors (Lipinski definition) is 2. The lowest BCUT2D eigenvalue weighted by Gasteiger charge is -2.10. The zero-order valence-corrected chi connectivity index (χ0v) is 12.7.